The topological polar surface area (TPSA) is 78.5 Å². The predicted octanol–water partition coefficient (Wildman–Crippen LogP) is 0.390. The fourth-order valence-electron chi connectivity index (χ4n) is 3.69. The van der Waals surface area contributed by atoms with Gasteiger partial charge in [0.1, 0.15) is 0 Å². The summed E-state index contributed by atoms with van der Waals surface area (Å²) in [6, 6.07) is 0.0967. The molecular weight excluding hydrogens is 314 g/mol. The molecule has 0 aliphatic carbocycles. The number of rotatable bonds is 5. The SMILES string of the molecule is CC(C)CN1CCC(NC(=O)C2(S(C)(=O)=O)CCNCC2)CC1. The third-order valence-electron chi connectivity index (χ3n) is 5.08. The molecule has 2 fully saturated rings. The highest BCUT2D eigenvalue weighted by Crippen LogP contribution is 2.28. The van der Waals surface area contributed by atoms with Crippen molar-refractivity contribution in [3.05, 3.63) is 0 Å². The summed E-state index contributed by atoms with van der Waals surface area (Å²) < 4.78 is 23.3. The minimum Gasteiger partial charge on any atom is -0.352 e. The zero-order valence-electron chi connectivity index (χ0n) is 14.6. The third kappa shape index (κ3) is 4.45. The van der Waals surface area contributed by atoms with Crippen LogP contribution >= 0.6 is 0 Å². The second-order valence-electron chi connectivity index (χ2n) is 7.46. The Labute approximate surface area is 140 Å². The van der Waals surface area contributed by atoms with E-state index < -0.39 is 14.6 Å². The smallest absolute Gasteiger partial charge is 0.241 e. The Hall–Kier alpha value is -0.660. The van der Waals surface area contributed by atoms with E-state index in [1.54, 1.807) is 0 Å². The van der Waals surface area contributed by atoms with Gasteiger partial charge in [0.25, 0.3) is 0 Å². The van der Waals surface area contributed by atoms with Crippen molar-refractivity contribution in [1.82, 2.24) is 15.5 Å². The molecular formula is C16H31N3O3S. The molecule has 2 saturated heterocycles. The van der Waals surface area contributed by atoms with E-state index in [0.717, 1.165) is 32.5 Å². The quantitative estimate of drug-likeness (QED) is 0.754. The van der Waals surface area contributed by atoms with Crippen LogP contribution in [0.15, 0.2) is 0 Å². The lowest BCUT2D eigenvalue weighted by Gasteiger charge is -2.38. The van der Waals surface area contributed by atoms with Gasteiger partial charge in [0, 0.05) is 31.9 Å². The Kier molecular flexibility index (Phi) is 6.08. The average molecular weight is 346 g/mol. The summed E-state index contributed by atoms with van der Waals surface area (Å²) in [4.78, 5) is 15.2. The number of sulfone groups is 1. The molecule has 0 spiro atoms. The Morgan fingerprint density at radius 2 is 1.83 bits per heavy atom. The van der Waals surface area contributed by atoms with Gasteiger partial charge in [-0.15, -0.1) is 0 Å². The highest BCUT2D eigenvalue weighted by Gasteiger charge is 2.49. The number of hydrogen-bond acceptors (Lipinski definition) is 5. The predicted molar refractivity (Wildman–Crippen MR) is 92.1 cm³/mol. The van der Waals surface area contributed by atoms with Gasteiger partial charge in [-0.25, -0.2) is 8.42 Å². The van der Waals surface area contributed by atoms with Gasteiger partial charge in [0.15, 0.2) is 14.6 Å². The van der Waals surface area contributed by atoms with Crippen LogP contribution in [0.2, 0.25) is 0 Å². The first kappa shape index (κ1) is 18.7. The van der Waals surface area contributed by atoms with Crippen LogP contribution in [0.5, 0.6) is 0 Å². The number of carbonyl (C=O) groups excluding carboxylic acids is 1. The number of nitrogens with one attached hydrogen (secondary N) is 2. The summed E-state index contributed by atoms with van der Waals surface area (Å²) in [7, 11) is -3.43. The largest absolute Gasteiger partial charge is 0.352 e. The number of amides is 1. The molecule has 0 aromatic rings. The van der Waals surface area contributed by atoms with Crippen molar-refractivity contribution in [2.24, 2.45) is 5.92 Å². The molecule has 2 heterocycles. The fraction of sp³-hybridized carbons (Fsp3) is 0.938. The van der Waals surface area contributed by atoms with Gasteiger partial charge in [-0.05, 0) is 44.7 Å². The van der Waals surface area contributed by atoms with Crippen molar-refractivity contribution >= 4 is 15.7 Å². The highest BCUT2D eigenvalue weighted by molar-refractivity contribution is 7.92. The number of nitrogens with zero attached hydrogens (tertiary/aromatic N) is 1. The summed E-state index contributed by atoms with van der Waals surface area (Å²) >= 11 is 0. The molecule has 7 heteroatoms. The van der Waals surface area contributed by atoms with Crippen molar-refractivity contribution in [2.75, 3.05) is 39.0 Å². The Morgan fingerprint density at radius 1 is 1.26 bits per heavy atom. The van der Waals surface area contributed by atoms with Gasteiger partial charge in [-0.2, -0.15) is 0 Å². The van der Waals surface area contributed by atoms with Crippen molar-refractivity contribution < 1.29 is 13.2 Å². The Balaban J connectivity index is 1.95. The molecule has 134 valence electrons. The minimum absolute atomic E-state index is 0.0967. The Bertz CT molecular complexity index is 505. The molecule has 0 bridgehead atoms. The highest BCUT2D eigenvalue weighted by atomic mass is 32.2. The van der Waals surface area contributed by atoms with Crippen molar-refractivity contribution in [1.29, 1.82) is 0 Å². The molecule has 0 aromatic heterocycles. The monoisotopic (exact) mass is 345 g/mol. The zero-order valence-corrected chi connectivity index (χ0v) is 15.4. The molecule has 2 aliphatic rings. The van der Waals surface area contributed by atoms with Crippen LogP contribution in [0.3, 0.4) is 0 Å². The molecule has 0 saturated carbocycles. The molecule has 2 N–H and O–H groups in total. The second kappa shape index (κ2) is 7.49. The summed E-state index contributed by atoms with van der Waals surface area (Å²) in [6.45, 7) is 8.59. The molecule has 1 amide bonds. The number of carbonyl (C=O) groups is 1. The van der Waals surface area contributed by atoms with Crippen molar-refractivity contribution in [3.8, 4) is 0 Å². The average Bonchev–Trinajstić information content (AvgIpc) is 2.48. The van der Waals surface area contributed by atoms with Crippen LogP contribution in [0, 0.1) is 5.92 Å². The summed E-state index contributed by atoms with van der Waals surface area (Å²) in [6.07, 6.45) is 3.73. The van der Waals surface area contributed by atoms with E-state index in [-0.39, 0.29) is 11.9 Å². The van der Waals surface area contributed by atoms with Gasteiger partial charge in [-0.3, -0.25) is 4.79 Å². The van der Waals surface area contributed by atoms with E-state index in [9.17, 15) is 13.2 Å². The molecule has 2 aliphatic heterocycles. The lowest BCUT2D eigenvalue weighted by molar-refractivity contribution is -0.125. The van der Waals surface area contributed by atoms with Gasteiger partial charge in [0.2, 0.25) is 5.91 Å². The first-order valence-corrected chi connectivity index (χ1v) is 10.6. The molecule has 0 unspecified atom stereocenters. The van der Waals surface area contributed by atoms with Crippen LogP contribution < -0.4 is 10.6 Å². The Morgan fingerprint density at radius 3 is 2.30 bits per heavy atom. The van der Waals surface area contributed by atoms with E-state index in [2.05, 4.69) is 29.4 Å². The normalized spacial score (nSPS) is 23.8. The molecule has 0 radical (unpaired) electrons. The first-order chi connectivity index (χ1) is 10.7. The lowest BCUT2D eigenvalue weighted by Crippen LogP contribution is -2.59. The van der Waals surface area contributed by atoms with Crippen LogP contribution in [-0.2, 0) is 14.6 Å². The molecule has 0 aromatic carbocycles. The maximum atomic E-state index is 12.8. The standard InChI is InChI=1S/C16H31N3O3S/c1-13(2)12-19-10-4-14(5-11-19)18-15(20)16(23(3,21)22)6-8-17-9-7-16/h13-14,17H,4-12H2,1-3H3,(H,18,20). The fourth-order valence-corrected chi connectivity index (χ4v) is 5.03. The zero-order chi connectivity index (χ0) is 17.1. The minimum atomic E-state index is -3.43. The van der Waals surface area contributed by atoms with E-state index in [1.165, 1.54) is 6.26 Å². The van der Waals surface area contributed by atoms with E-state index in [4.69, 9.17) is 0 Å². The maximum Gasteiger partial charge on any atom is 0.241 e. The van der Waals surface area contributed by atoms with Crippen LogP contribution in [-0.4, -0.2) is 69.0 Å². The molecule has 6 nitrogen and oxygen atoms in total. The van der Waals surface area contributed by atoms with Crippen molar-refractivity contribution in [2.45, 2.75) is 50.3 Å². The van der Waals surface area contributed by atoms with E-state index in [1.807, 2.05) is 0 Å². The van der Waals surface area contributed by atoms with Gasteiger partial charge in [-0.1, -0.05) is 13.8 Å². The number of hydrogen-bond donors (Lipinski definition) is 2. The van der Waals surface area contributed by atoms with Gasteiger partial charge >= 0.3 is 0 Å². The number of likely N-dealkylation sites (tertiary alicyclic amines) is 1. The van der Waals surface area contributed by atoms with E-state index in [0.29, 0.717) is 31.8 Å². The first-order valence-electron chi connectivity index (χ1n) is 8.68. The van der Waals surface area contributed by atoms with Crippen LogP contribution in [0.25, 0.3) is 0 Å². The van der Waals surface area contributed by atoms with Gasteiger partial charge < -0.3 is 15.5 Å². The van der Waals surface area contributed by atoms with Crippen molar-refractivity contribution in [3.63, 3.8) is 0 Å². The molecule has 2 rings (SSSR count). The number of piperidine rings is 2. The summed E-state index contributed by atoms with van der Waals surface area (Å²) in [5, 5.41) is 6.18. The lowest BCUT2D eigenvalue weighted by atomic mass is 9.94. The summed E-state index contributed by atoms with van der Waals surface area (Å²) in [5.41, 5.74) is 0. The molecule has 0 atom stereocenters. The third-order valence-corrected chi connectivity index (χ3v) is 7.09. The van der Waals surface area contributed by atoms with Gasteiger partial charge in [0.05, 0.1) is 0 Å². The van der Waals surface area contributed by atoms with Crippen LogP contribution in [0.1, 0.15) is 39.5 Å². The maximum absolute atomic E-state index is 12.8. The summed E-state index contributed by atoms with van der Waals surface area (Å²) in [5.74, 6) is 0.355. The second-order valence-corrected chi connectivity index (χ2v) is 9.78. The molecule has 23 heavy (non-hydrogen) atoms. The van der Waals surface area contributed by atoms with E-state index >= 15 is 0 Å². The van der Waals surface area contributed by atoms with Crippen LogP contribution in [0.4, 0.5) is 0 Å².